The van der Waals surface area contributed by atoms with Crippen molar-refractivity contribution in [1.82, 2.24) is 14.9 Å². The van der Waals surface area contributed by atoms with Crippen LogP contribution in [0.3, 0.4) is 0 Å². The van der Waals surface area contributed by atoms with E-state index in [1.807, 2.05) is 29.2 Å². The van der Waals surface area contributed by atoms with Gasteiger partial charge < -0.3 is 4.90 Å². The number of aromatic nitrogens is 2. The fourth-order valence-corrected chi connectivity index (χ4v) is 3.87. The van der Waals surface area contributed by atoms with Crippen molar-refractivity contribution in [2.45, 2.75) is 31.6 Å². The van der Waals surface area contributed by atoms with E-state index >= 15 is 0 Å². The molecule has 1 aliphatic rings. The SMILES string of the molecule is O=C(Cc1ccncc1)N1CCC[C@H](c2cccc(Cc3ccc(F)cc3)n2)C1. The summed E-state index contributed by atoms with van der Waals surface area (Å²) in [6.45, 7) is 1.51. The van der Waals surface area contributed by atoms with Crippen molar-refractivity contribution in [3.8, 4) is 0 Å². The lowest BCUT2D eigenvalue weighted by atomic mass is 9.93. The average molecular weight is 389 g/mol. The fourth-order valence-electron chi connectivity index (χ4n) is 3.87. The van der Waals surface area contributed by atoms with Crippen LogP contribution < -0.4 is 0 Å². The Bertz CT molecular complexity index is 959. The summed E-state index contributed by atoms with van der Waals surface area (Å²) < 4.78 is 13.1. The van der Waals surface area contributed by atoms with Gasteiger partial charge in [0.15, 0.2) is 0 Å². The molecule has 0 spiro atoms. The van der Waals surface area contributed by atoms with Gasteiger partial charge in [0.25, 0.3) is 0 Å². The first-order valence-electron chi connectivity index (χ1n) is 10.0. The molecule has 1 aromatic carbocycles. The number of nitrogens with zero attached hydrogens (tertiary/aromatic N) is 3. The van der Waals surface area contributed by atoms with Crippen LogP contribution in [0, 0.1) is 5.82 Å². The van der Waals surface area contributed by atoms with Gasteiger partial charge in [-0.25, -0.2) is 4.39 Å². The number of rotatable bonds is 5. The van der Waals surface area contributed by atoms with Crippen molar-refractivity contribution >= 4 is 5.91 Å². The monoisotopic (exact) mass is 389 g/mol. The number of hydrogen-bond acceptors (Lipinski definition) is 3. The Morgan fingerprint density at radius 1 is 1.03 bits per heavy atom. The van der Waals surface area contributed by atoms with Crippen LogP contribution in [0.25, 0.3) is 0 Å². The molecule has 1 amide bonds. The van der Waals surface area contributed by atoms with Crippen LogP contribution in [0.5, 0.6) is 0 Å². The molecule has 1 aliphatic heterocycles. The Kier molecular flexibility index (Phi) is 5.94. The first kappa shape index (κ1) is 19.2. The number of pyridine rings is 2. The van der Waals surface area contributed by atoms with E-state index in [9.17, 15) is 9.18 Å². The number of carbonyl (C=O) groups is 1. The highest BCUT2D eigenvalue weighted by Crippen LogP contribution is 2.26. The topological polar surface area (TPSA) is 46.1 Å². The molecule has 3 aromatic rings. The quantitative estimate of drug-likeness (QED) is 0.658. The minimum atomic E-state index is -0.228. The zero-order valence-corrected chi connectivity index (χ0v) is 16.3. The first-order chi connectivity index (χ1) is 14.2. The highest BCUT2D eigenvalue weighted by atomic mass is 19.1. The van der Waals surface area contributed by atoms with Gasteiger partial charge in [-0.15, -0.1) is 0 Å². The number of piperidine rings is 1. The molecule has 2 aromatic heterocycles. The maximum atomic E-state index is 13.1. The Labute approximate surface area is 170 Å². The van der Waals surface area contributed by atoms with Crippen molar-refractivity contribution in [3.05, 3.63) is 95.3 Å². The third kappa shape index (κ3) is 5.05. The minimum absolute atomic E-state index is 0.156. The largest absolute Gasteiger partial charge is 0.342 e. The van der Waals surface area contributed by atoms with E-state index in [0.717, 1.165) is 41.9 Å². The number of amides is 1. The van der Waals surface area contributed by atoms with Gasteiger partial charge >= 0.3 is 0 Å². The predicted molar refractivity (Wildman–Crippen MR) is 110 cm³/mol. The van der Waals surface area contributed by atoms with Gasteiger partial charge in [-0.05, 0) is 60.4 Å². The minimum Gasteiger partial charge on any atom is -0.342 e. The van der Waals surface area contributed by atoms with Crippen molar-refractivity contribution in [2.24, 2.45) is 0 Å². The fraction of sp³-hybridized carbons (Fsp3) is 0.292. The molecule has 0 unspecified atom stereocenters. The summed E-state index contributed by atoms with van der Waals surface area (Å²) in [6.07, 6.45) is 6.54. The lowest BCUT2D eigenvalue weighted by Gasteiger charge is -2.32. The van der Waals surface area contributed by atoms with Crippen LogP contribution in [0.1, 0.15) is 41.3 Å². The lowest BCUT2D eigenvalue weighted by Crippen LogP contribution is -2.40. The van der Waals surface area contributed by atoms with E-state index in [-0.39, 0.29) is 17.6 Å². The number of likely N-dealkylation sites (tertiary alicyclic amines) is 1. The normalized spacial score (nSPS) is 16.6. The Morgan fingerprint density at radius 2 is 1.83 bits per heavy atom. The van der Waals surface area contributed by atoms with E-state index in [2.05, 4.69) is 11.1 Å². The van der Waals surface area contributed by atoms with Crippen LogP contribution in [-0.2, 0) is 17.6 Å². The standard InChI is InChI=1S/C24H24FN3O/c25-21-8-6-18(7-9-21)15-22-4-1-5-23(27-22)20-3-2-14-28(17-20)24(29)16-19-10-12-26-13-11-19/h1,4-13,20H,2-3,14-17H2/t20-/m0/s1. The molecule has 4 nitrogen and oxygen atoms in total. The number of hydrogen-bond donors (Lipinski definition) is 0. The summed E-state index contributed by atoms with van der Waals surface area (Å²) in [4.78, 5) is 23.6. The van der Waals surface area contributed by atoms with E-state index in [1.165, 1.54) is 12.1 Å². The molecule has 0 aliphatic carbocycles. The van der Waals surface area contributed by atoms with Crippen LogP contribution in [0.2, 0.25) is 0 Å². The smallest absolute Gasteiger partial charge is 0.227 e. The van der Waals surface area contributed by atoms with Gasteiger partial charge in [0.05, 0.1) is 6.42 Å². The van der Waals surface area contributed by atoms with E-state index < -0.39 is 0 Å². The van der Waals surface area contributed by atoms with Crippen LogP contribution in [0.15, 0.2) is 67.0 Å². The molecule has 0 N–H and O–H groups in total. The molecule has 0 saturated carbocycles. The van der Waals surface area contributed by atoms with Crippen molar-refractivity contribution < 1.29 is 9.18 Å². The molecule has 3 heterocycles. The highest BCUT2D eigenvalue weighted by Gasteiger charge is 2.25. The molecule has 5 heteroatoms. The molecular weight excluding hydrogens is 365 g/mol. The molecule has 148 valence electrons. The van der Waals surface area contributed by atoms with Gasteiger partial charge in [-0.2, -0.15) is 0 Å². The molecule has 1 saturated heterocycles. The van der Waals surface area contributed by atoms with Gasteiger partial charge in [0.1, 0.15) is 5.82 Å². The summed E-state index contributed by atoms with van der Waals surface area (Å²) >= 11 is 0. The molecule has 0 bridgehead atoms. The van der Waals surface area contributed by atoms with Gasteiger partial charge in [0, 0.05) is 49.2 Å². The third-order valence-electron chi connectivity index (χ3n) is 5.42. The second-order valence-corrected chi connectivity index (χ2v) is 7.57. The average Bonchev–Trinajstić information content (AvgIpc) is 2.76. The van der Waals surface area contributed by atoms with Crippen LogP contribution >= 0.6 is 0 Å². The Balaban J connectivity index is 1.42. The van der Waals surface area contributed by atoms with Crippen molar-refractivity contribution in [2.75, 3.05) is 13.1 Å². The number of halogens is 1. The van der Waals surface area contributed by atoms with E-state index in [4.69, 9.17) is 4.98 Å². The van der Waals surface area contributed by atoms with Crippen molar-refractivity contribution in [1.29, 1.82) is 0 Å². The molecule has 4 rings (SSSR count). The summed E-state index contributed by atoms with van der Waals surface area (Å²) in [5.41, 5.74) is 4.03. The summed E-state index contributed by atoms with van der Waals surface area (Å²) in [7, 11) is 0. The molecule has 1 fully saturated rings. The third-order valence-corrected chi connectivity index (χ3v) is 5.42. The van der Waals surface area contributed by atoms with Gasteiger partial charge in [-0.1, -0.05) is 18.2 Å². The van der Waals surface area contributed by atoms with E-state index in [1.54, 1.807) is 24.5 Å². The molecule has 1 atom stereocenters. The summed E-state index contributed by atoms with van der Waals surface area (Å²) in [5.74, 6) is 0.177. The molecular formula is C24H24FN3O. The second kappa shape index (κ2) is 8.95. The summed E-state index contributed by atoms with van der Waals surface area (Å²) in [5, 5.41) is 0. The zero-order chi connectivity index (χ0) is 20.1. The van der Waals surface area contributed by atoms with Gasteiger partial charge in [-0.3, -0.25) is 14.8 Å². The zero-order valence-electron chi connectivity index (χ0n) is 16.3. The van der Waals surface area contributed by atoms with Crippen LogP contribution in [0.4, 0.5) is 4.39 Å². The second-order valence-electron chi connectivity index (χ2n) is 7.57. The molecule has 0 radical (unpaired) electrons. The van der Waals surface area contributed by atoms with Gasteiger partial charge in [0.2, 0.25) is 5.91 Å². The lowest BCUT2D eigenvalue weighted by molar-refractivity contribution is -0.131. The highest BCUT2D eigenvalue weighted by molar-refractivity contribution is 5.78. The predicted octanol–water partition coefficient (Wildman–Crippen LogP) is 4.16. The number of carbonyl (C=O) groups excluding carboxylic acids is 1. The Morgan fingerprint density at radius 3 is 2.62 bits per heavy atom. The summed E-state index contributed by atoms with van der Waals surface area (Å²) in [6, 6.07) is 16.4. The number of benzene rings is 1. The molecule has 29 heavy (non-hydrogen) atoms. The maximum Gasteiger partial charge on any atom is 0.227 e. The van der Waals surface area contributed by atoms with Crippen molar-refractivity contribution in [3.63, 3.8) is 0 Å². The first-order valence-corrected chi connectivity index (χ1v) is 10.0. The Hall–Kier alpha value is -3.08. The maximum absolute atomic E-state index is 13.1. The van der Waals surface area contributed by atoms with E-state index in [0.29, 0.717) is 19.4 Å². The van der Waals surface area contributed by atoms with Crippen LogP contribution in [-0.4, -0.2) is 33.9 Å².